The van der Waals surface area contributed by atoms with Crippen LogP contribution in [-0.2, 0) is 18.6 Å². The molecule has 0 unspecified atom stereocenters. The molecule has 25 heavy (non-hydrogen) atoms. The molecule has 1 aliphatic rings. The first-order chi connectivity index (χ1) is 12.3. The van der Waals surface area contributed by atoms with Crippen molar-refractivity contribution in [2.24, 2.45) is 0 Å². The van der Waals surface area contributed by atoms with Crippen LogP contribution in [0.5, 0.6) is 0 Å². The van der Waals surface area contributed by atoms with Crippen molar-refractivity contribution in [2.75, 3.05) is 0 Å². The Kier molecular flexibility index (Phi) is 3.64. The molecule has 1 aromatic carbocycles. The molecule has 0 saturated heterocycles. The SMILES string of the molecule is O=c1[nH]c(CSc2nc3ccccc3o2)nc2sc3c(c12)CCCC3. The van der Waals surface area contributed by atoms with Crippen molar-refractivity contribution in [2.45, 2.75) is 36.7 Å². The fourth-order valence-electron chi connectivity index (χ4n) is 3.32. The van der Waals surface area contributed by atoms with Crippen molar-refractivity contribution in [3.8, 4) is 0 Å². The van der Waals surface area contributed by atoms with Gasteiger partial charge in [0.05, 0.1) is 11.1 Å². The number of benzene rings is 1. The third-order valence-corrected chi connectivity index (χ3v) is 6.51. The Hall–Kier alpha value is -2.12. The molecule has 0 saturated carbocycles. The van der Waals surface area contributed by atoms with Crippen molar-refractivity contribution >= 4 is 44.4 Å². The van der Waals surface area contributed by atoms with Crippen LogP contribution in [0.1, 0.15) is 29.1 Å². The molecule has 3 heterocycles. The van der Waals surface area contributed by atoms with Crippen LogP contribution in [0.25, 0.3) is 21.3 Å². The maximum atomic E-state index is 12.5. The summed E-state index contributed by atoms with van der Waals surface area (Å²) in [6.45, 7) is 0. The Labute approximate surface area is 151 Å². The molecular weight excluding hydrogens is 354 g/mol. The van der Waals surface area contributed by atoms with Crippen molar-refractivity contribution in [3.63, 3.8) is 0 Å². The van der Waals surface area contributed by atoms with Crippen LogP contribution in [0, 0.1) is 0 Å². The third kappa shape index (κ3) is 2.67. The molecule has 0 amide bonds. The van der Waals surface area contributed by atoms with Crippen LogP contribution < -0.4 is 5.56 Å². The summed E-state index contributed by atoms with van der Waals surface area (Å²) in [5.41, 5.74) is 2.82. The van der Waals surface area contributed by atoms with Gasteiger partial charge in [0.15, 0.2) is 5.58 Å². The Balaban J connectivity index is 1.45. The van der Waals surface area contributed by atoms with E-state index in [1.54, 1.807) is 11.3 Å². The molecule has 7 heteroatoms. The molecular formula is C18H15N3O2S2. The summed E-state index contributed by atoms with van der Waals surface area (Å²) in [7, 11) is 0. The lowest BCUT2D eigenvalue weighted by molar-refractivity contribution is 0.489. The fraction of sp³-hybridized carbons (Fsp3) is 0.278. The number of oxazole rings is 1. The van der Waals surface area contributed by atoms with Crippen LogP contribution in [0.2, 0.25) is 0 Å². The van der Waals surface area contributed by atoms with Crippen LogP contribution in [0.3, 0.4) is 0 Å². The van der Waals surface area contributed by atoms with E-state index in [2.05, 4.69) is 15.0 Å². The van der Waals surface area contributed by atoms with Crippen LogP contribution in [0.4, 0.5) is 0 Å². The summed E-state index contributed by atoms with van der Waals surface area (Å²) in [6, 6.07) is 7.68. The molecule has 0 aliphatic heterocycles. The number of para-hydroxylation sites is 2. The van der Waals surface area contributed by atoms with Gasteiger partial charge in [-0.25, -0.2) is 9.97 Å². The quantitative estimate of drug-likeness (QED) is 0.545. The molecule has 0 atom stereocenters. The largest absolute Gasteiger partial charge is 0.431 e. The average Bonchev–Trinajstić information content (AvgIpc) is 3.20. The van der Waals surface area contributed by atoms with Gasteiger partial charge in [0.25, 0.3) is 10.8 Å². The Morgan fingerprint density at radius 3 is 3.00 bits per heavy atom. The molecule has 0 bridgehead atoms. The summed E-state index contributed by atoms with van der Waals surface area (Å²) in [5.74, 6) is 1.20. The number of aromatic nitrogens is 3. The van der Waals surface area contributed by atoms with Crippen molar-refractivity contribution < 1.29 is 4.42 Å². The van der Waals surface area contributed by atoms with E-state index in [0.29, 0.717) is 16.8 Å². The smallest absolute Gasteiger partial charge is 0.259 e. The number of nitrogens with zero attached hydrogens (tertiary/aromatic N) is 2. The van der Waals surface area contributed by atoms with E-state index in [4.69, 9.17) is 4.42 Å². The Morgan fingerprint density at radius 2 is 2.08 bits per heavy atom. The number of nitrogens with one attached hydrogen (secondary N) is 1. The van der Waals surface area contributed by atoms with Gasteiger partial charge in [0.2, 0.25) is 0 Å². The number of rotatable bonds is 3. The van der Waals surface area contributed by atoms with E-state index in [9.17, 15) is 4.79 Å². The molecule has 5 nitrogen and oxygen atoms in total. The van der Waals surface area contributed by atoms with E-state index >= 15 is 0 Å². The number of thiophene rings is 1. The number of aromatic amines is 1. The second kappa shape index (κ2) is 6.00. The number of hydrogen-bond acceptors (Lipinski definition) is 6. The minimum Gasteiger partial charge on any atom is -0.431 e. The number of fused-ring (bicyclic) bond motifs is 4. The van der Waals surface area contributed by atoms with Gasteiger partial charge in [0, 0.05) is 4.88 Å². The third-order valence-electron chi connectivity index (χ3n) is 4.48. The molecule has 4 aromatic rings. The van der Waals surface area contributed by atoms with Gasteiger partial charge in [-0.05, 0) is 43.4 Å². The lowest BCUT2D eigenvalue weighted by Gasteiger charge is -2.09. The zero-order valence-electron chi connectivity index (χ0n) is 13.4. The lowest BCUT2D eigenvalue weighted by Crippen LogP contribution is -2.12. The predicted molar refractivity (Wildman–Crippen MR) is 100 cm³/mol. The number of H-pyrrole nitrogens is 1. The van der Waals surface area contributed by atoms with Gasteiger partial charge in [-0.2, -0.15) is 0 Å². The average molecular weight is 369 g/mol. The monoisotopic (exact) mass is 369 g/mol. The highest BCUT2D eigenvalue weighted by Crippen LogP contribution is 2.34. The van der Waals surface area contributed by atoms with Gasteiger partial charge in [-0.15, -0.1) is 11.3 Å². The lowest BCUT2D eigenvalue weighted by atomic mass is 9.97. The molecule has 1 N–H and O–H groups in total. The van der Waals surface area contributed by atoms with Gasteiger partial charge in [-0.3, -0.25) is 4.79 Å². The second-order valence-corrected chi connectivity index (χ2v) is 8.15. The summed E-state index contributed by atoms with van der Waals surface area (Å²) in [4.78, 5) is 26.8. The van der Waals surface area contributed by atoms with Gasteiger partial charge < -0.3 is 9.40 Å². The molecule has 1 aliphatic carbocycles. The first-order valence-corrected chi connectivity index (χ1v) is 10.1. The van der Waals surface area contributed by atoms with E-state index in [0.717, 1.165) is 40.6 Å². The number of hydrogen-bond donors (Lipinski definition) is 1. The van der Waals surface area contributed by atoms with Gasteiger partial charge in [-0.1, -0.05) is 23.9 Å². The number of thioether (sulfide) groups is 1. The highest BCUT2D eigenvalue weighted by Gasteiger charge is 2.20. The maximum absolute atomic E-state index is 12.5. The highest BCUT2D eigenvalue weighted by atomic mass is 32.2. The summed E-state index contributed by atoms with van der Waals surface area (Å²) in [5, 5.41) is 1.39. The molecule has 3 aromatic heterocycles. The Bertz CT molecular complexity index is 1110. The summed E-state index contributed by atoms with van der Waals surface area (Å²) in [6.07, 6.45) is 4.44. The molecule has 5 rings (SSSR count). The summed E-state index contributed by atoms with van der Waals surface area (Å²) >= 11 is 3.12. The minimum atomic E-state index is -0.0161. The topological polar surface area (TPSA) is 71.8 Å². The first kappa shape index (κ1) is 15.2. The fourth-order valence-corrected chi connectivity index (χ4v) is 5.31. The molecule has 0 radical (unpaired) electrons. The summed E-state index contributed by atoms with van der Waals surface area (Å²) < 4.78 is 5.71. The van der Waals surface area contributed by atoms with Crippen molar-refractivity contribution in [1.29, 1.82) is 0 Å². The predicted octanol–water partition coefficient (Wildman–Crippen LogP) is 4.30. The maximum Gasteiger partial charge on any atom is 0.259 e. The molecule has 126 valence electrons. The standard InChI is InChI=1S/C18H15N3O2S2/c22-16-15-10-5-1-4-8-13(10)25-17(15)21-14(20-16)9-24-18-19-11-6-2-3-7-12(11)23-18/h2-3,6-7H,1,4-5,8-9H2,(H,20,21,22). The van der Waals surface area contributed by atoms with E-state index in [1.165, 1.54) is 28.6 Å². The Morgan fingerprint density at radius 1 is 1.20 bits per heavy atom. The van der Waals surface area contributed by atoms with Gasteiger partial charge in [0.1, 0.15) is 16.2 Å². The van der Waals surface area contributed by atoms with E-state index < -0.39 is 0 Å². The molecule has 0 spiro atoms. The zero-order valence-corrected chi connectivity index (χ0v) is 15.0. The van der Waals surface area contributed by atoms with E-state index in [-0.39, 0.29) is 5.56 Å². The van der Waals surface area contributed by atoms with Crippen LogP contribution >= 0.6 is 23.1 Å². The van der Waals surface area contributed by atoms with Crippen LogP contribution in [-0.4, -0.2) is 15.0 Å². The second-order valence-electron chi connectivity index (χ2n) is 6.14. The van der Waals surface area contributed by atoms with Crippen molar-refractivity contribution in [1.82, 2.24) is 15.0 Å². The number of aryl methyl sites for hydroxylation is 2. The van der Waals surface area contributed by atoms with Crippen LogP contribution in [0.15, 0.2) is 38.7 Å². The molecule has 0 fully saturated rings. The van der Waals surface area contributed by atoms with E-state index in [1.807, 2.05) is 24.3 Å². The van der Waals surface area contributed by atoms with Crippen molar-refractivity contribution in [3.05, 3.63) is 50.9 Å². The zero-order chi connectivity index (χ0) is 16.8. The highest BCUT2D eigenvalue weighted by molar-refractivity contribution is 7.98. The first-order valence-electron chi connectivity index (χ1n) is 8.30. The minimum absolute atomic E-state index is 0.0161. The normalized spacial score (nSPS) is 14.2. The van der Waals surface area contributed by atoms with Gasteiger partial charge >= 0.3 is 0 Å².